The molecule has 202 valence electrons. The summed E-state index contributed by atoms with van der Waals surface area (Å²) in [5.74, 6) is -3.06. The van der Waals surface area contributed by atoms with Crippen LogP contribution in [-0.2, 0) is 28.7 Å². The van der Waals surface area contributed by atoms with Gasteiger partial charge < -0.3 is 24.4 Å². The number of esters is 2. The summed E-state index contributed by atoms with van der Waals surface area (Å²) >= 11 is 2.75. The zero-order valence-corrected chi connectivity index (χ0v) is 22.9. The monoisotopic (exact) mass is 558 g/mol. The number of piperidine rings is 2. The summed E-state index contributed by atoms with van der Waals surface area (Å²) in [7, 11) is 2.81. The van der Waals surface area contributed by atoms with Crippen molar-refractivity contribution >= 4 is 61.8 Å². The van der Waals surface area contributed by atoms with Crippen molar-refractivity contribution in [3.63, 3.8) is 0 Å². The van der Waals surface area contributed by atoms with Gasteiger partial charge in [0.05, 0.1) is 41.6 Å². The second-order valence-corrected chi connectivity index (χ2v) is 11.9. The zero-order chi connectivity index (χ0) is 27.0. The number of rotatable bonds is 6. The van der Waals surface area contributed by atoms with Crippen LogP contribution in [0, 0.1) is 11.8 Å². The summed E-state index contributed by atoms with van der Waals surface area (Å²) in [4.78, 5) is 55.6. The molecule has 0 radical (unpaired) electrons. The maximum absolute atomic E-state index is 13.4. The third-order valence-electron chi connectivity index (χ3n) is 7.66. The van der Waals surface area contributed by atoms with Crippen molar-refractivity contribution in [3.05, 3.63) is 39.8 Å². The van der Waals surface area contributed by atoms with E-state index < -0.39 is 17.5 Å². The molecule has 1 atom stereocenters. The molecule has 1 aliphatic carbocycles. The lowest BCUT2D eigenvalue weighted by molar-refractivity contribution is -0.146. The van der Waals surface area contributed by atoms with Crippen molar-refractivity contribution < 1.29 is 33.8 Å². The number of carbonyl (C=O) groups is 4. The Morgan fingerprint density at radius 2 is 1.29 bits per heavy atom. The van der Waals surface area contributed by atoms with Gasteiger partial charge in [0.1, 0.15) is 5.92 Å². The van der Waals surface area contributed by atoms with E-state index in [1.54, 1.807) is 12.1 Å². The Kier molecular flexibility index (Phi) is 7.58. The minimum Gasteiger partial charge on any atom is -0.504 e. The first-order chi connectivity index (χ1) is 18.3. The van der Waals surface area contributed by atoms with Crippen molar-refractivity contribution in [2.24, 2.45) is 11.8 Å². The standard InChI is InChI=1S/C27H30N2O7S2/c1-35-26(33)15-7-11-28(12-8-15)19-5-3-17(37-19)21-23(30)22(25(32)24(21)31)18-4-6-20(38-18)29-13-9-16(10-14-29)27(34)36-2/h3-6,15-16,21,32H,7-14H2,1-2H3. The zero-order valence-electron chi connectivity index (χ0n) is 21.3. The molecule has 0 bridgehead atoms. The van der Waals surface area contributed by atoms with E-state index in [1.165, 1.54) is 36.9 Å². The highest BCUT2D eigenvalue weighted by atomic mass is 32.1. The molecule has 0 amide bonds. The third kappa shape index (κ3) is 4.84. The number of Topliss-reactive ketones (excluding diaryl/α,β-unsaturated/α-hetero) is 2. The van der Waals surface area contributed by atoms with Gasteiger partial charge in [-0.05, 0) is 49.9 Å². The Morgan fingerprint density at radius 3 is 1.82 bits per heavy atom. The molecule has 2 fully saturated rings. The van der Waals surface area contributed by atoms with E-state index in [1.807, 2.05) is 12.1 Å². The number of carbonyl (C=O) groups excluding carboxylic acids is 4. The van der Waals surface area contributed by atoms with Crippen LogP contribution < -0.4 is 9.80 Å². The first-order valence-electron chi connectivity index (χ1n) is 12.7. The molecule has 2 aliphatic heterocycles. The predicted molar refractivity (Wildman–Crippen MR) is 145 cm³/mol. The topological polar surface area (TPSA) is 113 Å². The number of aliphatic hydroxyl groups excluding tert-OH is 1. The summed E-state index contributed by atoms with van der Waals surface area (Å²) in [6.45, 7) is 2.76. The highest BCUT2D eigenvalue weighted by Crippen LogP contribution is 2.44. The molecule has 1 unspecified atom stereocenters. The Hall–Kier alpha value is -3.18. The fraction of sp³-hybridized carbons (Fsp3) is 0.481. The second-order valence-electron chi connectivity index (χ2n) is 9.77. The Labute approximate surface area is 228 Å². The fourth-order valence-corrected chi connectivity index (χ4v) is 7.71. The van der Waals surface area contributed by atoms with Gasteiger partial charge in [-0.2, -0.15) is 0 Å². The molecular formula is C27H30N2O7S2. The molecule has 0 spiro atoms. The summed E-state index contributed by atoms with van der Waals surface area (Å²) in [6, 6.07) is 7.35. The van der Waals surface area contributed by atoms with Crippen molar-refractivity contribution in [3.8, 4) is 0 Å². The van der Waals surface area contributed by atoms with Gasteiger partial charge >= 0.3 is 11.9 Å². The minimum atomic E-state index is -1.04. The van der Waals surface area contributed by atoms with Crippen molar-refractivity contribution in [1.29, 1.82) is 0 Å². The smallest absolute Gasteiger partial charge is 0.308 e. The van der Waals surface area contributed by atoms with Crippen LogP contribution in [0.4, 0.5) is 10.0 Å². The van der Waals surface area contributed by atoms with Crippen LogP contribution in [0.5, 0.6) is 0 Å². The molecule has 0 saturated carbocycles. The van der Waals surface area contributed by atoms with Crippen LogP contribution in [0.1, 0.15) is 41.4 Å². The maximum atomic E-state index is 13.4. The summed E-state index contributed by atoms with van der Waals surface area (Å²) < 4.78 is 9.72. The van der Waals surface area contributed by atoms with Gasteiger partial charge in [0.2, 0.25) is 5.78 Å². The lowest BCUT2D eigenvalue weighted by Gasteiger charge is -2.31. The number of hydrogen-bond donors (Lipinski definition) is 1. The van der Waals surface area contributed by atoms with E-state index in [9.17, 15) is 24.3 Å². The quantitative estimate of drug-likeness (QED) is 0.418. The average Bonchev–Trinajstić information content (AvgIpc) is 3.67. The molecule has 4 heterocycles. The Balaban J connectivity index is 1.27. The van der Waals surface area contributed by atoms with Crippen molar-refractivity contribution in [1.82, 2.24) is 0 Å². The van der Waals surface area contributed by atoms with Gasteiger partial charge in [0, 0.05) is 35.9 Å². The number of hydrogen-bond acceptors (Lipinski definition) is 11. The molecule has 3 aliphatic rings. The first-order valence-corrected chi connectivity index (χ1v) is 14.3. The second kappa shape index (κ2) is 10.9. The van der Waals surface area contributed by atoms with Gasteiger partial charge in [-0.3, -0.25) is 19.2 Å². The normalized spacial score (nSPS) is 21.4. The number of aliphatic hydroxyl groups is 1. The molecule has 11 heteroatoms. The van der Waals surface area contributed by atoms with Crippen LogP contribution in [0.3, 0.4) is 0 Å². The van der Waals surface area contributed by atoms with Crippen LogP contribution in [0.15, 0.2) is 30.0 Å². The molecule has 38 heavy (non-hydrogen) atoms. The van der Waals surface area contributed by atoms with Gasteiger partial charge in [0.25, 0.3) is 0 Å². The van der Waals surface area contributed by atoms with Gasteiger partial charge in [-0.15, -0.1) is 22.7 Å². The first kappa shape index (κ1) is 26.4. The molecule has 9 nitrogen and oxygen atoms in total. The Morgan fingerprint density at radius 1 is 0.789 bits per heavy atom. The average molecular weight is 559 g/mol. The lowest BCUT2D eigenvalue weighted by Crippen LogP contribution is -2.36. The largest absolute Gasteiger partial charge is 0.504 e. The van der Waals surface area contributed by atoms with Gasteiger partial charge in [-0.25, -0.2) is 0 Å². The van der Waals surface area contributed by atoms with Crippen molar-refractivity contribution in [2.45, 2.75) is 31.6 Å². The van der Waals surface area contributed by atoms with Crippen LogP contribution in [0.2, 0.25) is 0 Å². The number of ketones is 2. The third-order valence-corrected chi connectivity index (χ3v) is 10.0. The highest BCUT2D eigenvalue weighted by Gasteiger charge is 2.44. The van der Waals surface area contributed by atoms with Gasteiger partial charge in [-0.1, -0.05) is 0 Å². The van der Waals surface area contributed by atoms with Crippen molar-refractivity contribution in [2.75, 3.05) is 50.2 Å². The molecule has 2 aromatic rings. The number of methoxy groups -OCH3 is 2. The van der Waals surface area contributed by atoms with E-state index in [0.717, 1.165) is 10.0 Å². The number of ether oxygens (including phenoxy) is 2. The van der Waals surface area contributed by atoms with E-state index in [4.69, 9.17) is 9.47 Å². The number of anilines is 2. The molecule has 2 aromatic heterocycles. The van der Waals surface area contributed by atoms with E-state index in [0.29, 0.717) is 61.6 Å². The summed E-state index contributed by atoms with van der Waals surface area (Å²) in [5, 5.41) is 12.6. The van der Waals surface area contributed by atoms with E-state index in [-0.39, 0.29) is 35.1 Å². The molecule has 1 N–H and O–H groups in total. The number of thiophene rings is 2. The molecular weight excluding hydrogens is 528 g/mol. The minimum absolute atomic E-state index is 0.0783. The summed E-state index contributed by atoms with van der Waals surface area (Å²) in [6.07, 6.45) is 2.76. The van der Waals surface area contributed by atoms with E-state index >= 15 is 0 Å². The van der Waals surface area contributed by atoms with E-state index in [2.05, 4.69) is 9.80 Å². The van der Waals surface area contributed by atoms with Crippen LogP contribution in [-0.4, -0.2) is 69.0 Å². The number of nitrogens with zero attached hydrogens (tertiary/aromatic N) is 2. The lowest BCUT2D eigenvalue weighted by atomic mass is 9.97. The van der Waals surface area contributed by atoms with Gasteiger partial charge in [0.15, 0.2) is 11.5 Å². The SMILES string of the molecule is COC(=O)C1CCN(c2ccc(C3=C(O)C(=O)C(c4ccc(N5CCC(C(=O)OC)CC5)s4)C3=O)s2)CC1. The predicted octanol–water partition coefficient (Wildman–Crippen LogP) is 3.79. The van der Waals surface area contributed by atoms with Crippen LogP contribution >= 0.6 is 22.7 Å². The molecule has 5 rings (SSSR count). The molecule has 2 saturated heterocycles. The van der Waals surface area contributed by atoms with Crippen LogP contribution in [0.25, 0.3) is 5.57 Å². The molecule has 0 aromatic carbocycles. The Bertz CT molecular complexity index is 1280. The fourth-order valence-electron chi connectivity index (χ4n) is 5.44. The summed E-state index contributed by atoms with van der Waals surface area (Å²) in [5.41, 5.74) is 0.0783. The highest BCUT2D eigenvalue weighted by molar-refractivity contribution is 7.18. The maximum Gasteiger partial charge on any atom is 0.308 e. The number of allylic oxidation sites excluding steroid dienone is 2.